The maximum absolute atomic E-state index is 2.36. The first-order valence-electron chi connectivity index (χ1n) is 8.24. The third-order valence-corrected chi connectivity index (χ3v) is 9.90. The van der Waals surface area contributed by atoms with Gasteiger partial charge in [-0.15, -0.1) is 0 Å². The molecule has 0 atom stereocenters. The van der Waals surface area contributed by atoms with Crippen molar-refractivity contribution in [3.8, 4) is 0 Å². The summed E-state index contributed by atoms with van der Waals surface area (Å²) < 4.78 is 0. The zero-order valence-electron chi connectivity index (χ0n) is 14.2. The molecule has 20 heavy (non-hydrogen) atoms. The van der Waals surface area contributed by atoms with E-state index >= 15 is 0 Å². The summed E-state index contributed by atoms with van der Waals surface area (Å²) in [7, 11) is -0.879. The summed E-state index contributed by atoms with van der Waals surface area (Å²) in [5.41, 5.74) is 0. The van der Waals surface area contributed by atoms with E-state index in [0.717, 1.165) is 0 Å². The minimum absolute atomic E-state index is 0. The smallest absolute Gasteiger partial charge is 0.269 e. The molecular weight excluding hydrogens is 280 g/mol. The monoisotopic (exact) mass is 320 g/mol. The molecule has 0 unspecified atom stereocenters. The SMILES string of the molecule is CCCC[PH](CCCC)(CCCC)CCCC.F.F.F. The van der Waals surface area contributed by atoms with Crippen LogP contribution < -0.4 is 0 Å². The van der Waals surface area contributed by atoms with E-state index in [1.54, 1.807) is 24.6 Å². The van der Waals surface area contributed by atoms with E-state index in [4.69, 9.17) is 0 Å². The van der Waals surface area contributed by atoms with Gasteiger partial charge in [0.25, 0.3) is 0 Å². The molecule has 4 heteroatoms. The summed E-state index contributed by atoms with van der Waals surface area (Å²) >= 11 is 0. The van der Waals surface area contributed by atoms with Crippen LogP contribution in [-0.2, 0) is 0 Å². The Bertz CT molecular complexity index is 128. The molecule has 0 aromatic rings. The van der Waals surface area contributed by atoms with Crippen LogP contribution in [0.5, 0.6) is 0 Å². The normalized spacial score (nSPS) is 11.0. The Kier molecular flexibility index (Phi) is 27.3. The minimum atomic E-state index is -0.879. The molecular formula is C16H40F3P. The van der Waals surface area contributed by atoms with Crippen molar-refractivity contribution in [2.24, 2.45) is 0 Å². The van der Waals surface area contributed by atoms with Crippen molar-refractivity contribution >= 4 is 7.26 Å². The molecule has 0 fully saturated rings. The Labute approximate surface area is 125 Å². The van der Waals surface area contributed by atoms with E-state index in [-0.39, 0.29) is 14.1 Å². The maximum atomic E-state index is 2.36. The topological polar surface area (TPSA) is 0 Å². The summed E-state index contributed by atoms with van der Waals surface area (Å²) in [6.07, 6.45) is 18.1. The first kappa shape index (κ1) is 28.4. The van der Waals surface area contributed by atoms with Crippen LogP contribution in [0.25, 0.3) is 0 Å². The minimum Gasteiger partial charge on any atom is -0.269 e. The van der Waals surface area contributed by atoms with E-state index in [9.17, 15) is 0 Å². The van der Waals surface area contributed by atoms with Crippen molar-refractivity contribution in [3.05, 3.63) is 0 Å². The molecule has 0 aliphatic heterocycles. The molecule has 0 aliphatic carbocycles. The zero-order valence-corrected chi connectivity index (χ0v) is 15.2. The van der Waals surface area contributed by atoms with Crippen molar-refractivity contribution < 1.29 is 14.1 Å². The Hall–Kier alpha value is 0.220. The van der Waals surface area contributed by atoms with Crippen LogP contribution >= 0.6 is 7.26 Å². The van der Waals surface area contributed by atoms with Crippen molar-refractivity contribution in [3.63, 3.8) is 0 Å². The summed E-state index contributed by atoms with van der Waals surface area (Å²) in [5, 5.41) is 0. The van der Waals surface area contributed by atoms with Gasteiger partial charge in [-0.2, -0.15) is 0 Å². The Balaban J connectivity index is -0.000000427. The molecule has 130 valence electrons. The van der Waals surface area contributed by atoms with Gasteiger partial charge in [0.15, 0.2) is 0 Å². The average Bonchev–Trinajstić information content (AvgIpc) is 2.37. The second-order valence-corrected chi connectivity index (χ2v) is 10.9. The Morgan fingerprint density at radius 1 is 0.450 bits per heavy atom. The van der Waals surface area contributed by atoms with Gasteiger partial charge in [0.05, 0.1) is 0 Å². The zero-order chi connectivity index (χ0) is 13.0. The van der Waals surface area contributed by atoms with Crippen molar-refractivity contribution in [2.45, 2.75) is 79.1 Å². The van der Waals surface area contributed by atoms with Crippen LogP contribution in [-0.4, -0.2) is 24.6 Å². The van der Waals surface area contributed by atoms with Crippen LogP contribution in [0.2, 0.25) is 0 Å². The largest absolute Gasteiger partial charge is 0.269 e. The van der Waals surface area contributed by atoms with Gasteiger partial charge in [-0.25, -0.2) is 0 Å². The molecule has 0 nitrogen and oxygen atoms in total. The van der Waals surface area contributed by atoms with Gasteiger partial charge < -0.3 is 0 Å². The number of hydrogen-bond acceptors (Lipinski definition) is 0. The predicted octanol–water partition coefficient (Wildman–Crippen LogP) is 6.39. The van der Waals surface area contributed by atoms with Crippen LogP contribution in [0, 0.1) is 0 Å². The fourth-order valence-electron chi connectivity index (χ4n) is 2.96. The second-order valence-electron chi connectivity index (χ2n) is 5.91. The number of hydrogen-bond donors (Lipinski definition) is 0. The van der Waals surface area contributed by atoms with E-state index in [0.29, 0.717) is 0 Å². The van der Waals surface area contributed by atoms with E-state index < -0.39 is 7.26 Å². The summed E-state index contributed by atoms with van der Waals surface area (Å²) in [4.78, 5) is 0. The summed E-state index contributed by atoms with van der Waals surface area (Å²) in [5.74, 6) is 0. The first-order valence-corrected chi connectivity index (χ1v) is 11.1. The predicted molar refractivity (Wildman–Crippen MR) is 94.9 cm³/mol. The first-order chi connectivity index (χ1) is 8.24. The van der Waals surface area contributed by atoms with E-state index in [1.807, 2.05) is 0 Å². The molecule has 0 amide bonds. The second kappa shape index (κ2) is 19.2. The van der Waals surface area contributed by atoms with E-state index in [2.05, 4.69) is 27.7 Å². The van der Waals surface area contributed by atoms with Crippen molar-refractivity contribution in [1.29, 1.82) is 0 Å². The van der Waals surface area contributed by atoms with Crippen molar-refractivity contribution in [1.82, 2.24) is 0 Å². The van der Waals surface area contributed by atoms with E-state index in [1.165, 1.54) is 51.4 Å². The third-order valence-electron chi connectivity index (χ3n) is 4.24. The molecule has 0 saturated carbocycles. The maximum Gasteiger partial charge on any atom is -0.269 e. The molecule has 0 rings (SSSR count). The van der Waals surface area contributed by atoms with Gasteiger partial charge in [-0.05, 0) is 0 Å². The molecule has 0 aliphatic rings. The number of unbranched alkanes of at least 4 members (excludes halogenated alkanes) is 4. The average molecular weight is 320 g/mol. The third kappa shape index (κ3) is 13.2. The van der Waals surface area contributed by atoms with Crippen molar-refractivity contribution in [2.75, 3.05) is 24.6 Å². The van der Waals surface area contributed by atoms with Crippen LogP contribution in [0.4, 0.5) is 14.1 Å². The Morgan fingerprint density at radius 3 is 0.800 bits per heavy atom. The number of halogens is 3. The van der Waals surface area contributed by atoms with Gasteiger partial charge in [0.1, 0.15) is 0 Å². The molecule has 0 saturated heterocycles. The summed E-state index contributed by atoms with van der Waals surface area (Å²) in [6.45, 7) is 9.44. The van der Waals surface area contributed by atoms with Crippen LogP contribution in [0.1, 0.15) is 79.1 Å². The molecule has 0 bridgehead atoms. The number of rotatable bonds is 12. The van der Waals surface area contributed by atoms with Crippen LogP contribution in [0.15, 0.2) is 0 Å². The molecule has 0 heterocycles. The van der Waals surface area contributed by atoms with Gasteiger partial charge in [-0.1, -0.05) is 0 Å². The molecule has 0 aromatic carbocycles. The Morgan fingerprint density at radius 2 is 0.650 bits per heavy atom. The molecule has 0 spiro atoms. The molecule has 0 radical (unpaired) electrons. The molecule has 0 N–H and O–H groups in total. The fraction of sp³-hybridized carbons (Fsp3) is 1.00. The van der Waals surface area contributed by atoms with Gasteiger partial charge in [-0.3, -0.25) is 14.1 Å². The van der Waals surface area contributed by atoms with Gasteiger partial charge in [0.2, 0.25) is 0 Å². The fourth-order valence-corrected chi connectivity index (χ4v) is 8.87. The quantitative estimate of drug-likeness (QED) is 0.365. The molecule has 0 aromatic heterocycles. The van der Waals surface area contributed by atoms with Crippen LogP contribution in [0.3, 0.4) is 0 Å². The summed E-state index contributed by atoms with van der Waals surface area (Å²) in [6, 6.07) is 0. The van der Waals surface area contributed by atoms with Gasteiger partial charge in [0, 0.05) is 0 Å². The standard InChI is InChI=1S/C16H37P.3FH/c1-5-9-13-17(14-10-6-2,15-11-7-3)16-12-8-4;;;/h17H,5-16H2,1-4H3;3*1H. The van der Waals surface area contributed by atoms with Gasteiger partial charge >= 0.3 is 111 Å².